The summed E-state index contributed by atoms with van der Waals surface area (Å²) in [5.41, 5.74) is 2.02. The van der Waals surface area contributed by atoms with Gasteiger partial charge in [0.15, 0.2) is 21.5 Å². The number of hydrogen-bond acceptors (Lipinski definition) is 9. The van der Waals surface area contributed by atoms with Crippen molar-refractivity contribution < 1.29 is 27.0 Å². The summed E-state index contributed by atoms with van der Waals surface area (Å²) in [7, 11) is 0.257. The van der Waals surface area contributed by atoms with Crippen LogP contribution in [-0.2, 0) is 20.3 Å². The number of pyridine rings is 1. The van der Waals surface area contributed by atoms with Crippen molar-refractivity contribution in [1.82, 2.24) is 19.7 Å². The summed E-state index contributed by atoms with van der Waals surface area (Å²) >= 11 is 0. The summed E-state index contributed by atoms with van der Waals surface area (Å²) in [6.07, 6.45) is 2.15. The predicted molar refractivity (Wildman–Crippen MR) is 145 cm³/mol. The molecule has 0 aliphatic rings. The van der Waals surface area contributed by atoms with E-state index in [4.69, 9.17) is 19.5 Å². The molecule has 0 spiro atoms. The average molecular weight is 566 g/mol. The molecule has 40 heavy (non-hydrogen) atoms. The Morgan fingerprint density at radius 2 is 1.75 bits per heavy atom. The van der Waals surface area contributed by atoms with Gasteiger partial charge in [0.2, 0.25) is 0 Å². The van der Waals surface area contributed by atoms with Gasteiger partial charge in [0.1, 0.15) is 34.9 Å². The molecule has 4 aromatic rings. The molecule has 0 aliphatic carbocycles. The summed E-state index contributed by atoms with van der Waals surface area (Å²) < 4.78 is 60.6. The van der Waals surface area contributed by atoms with E-state index in [-0.39, 0.29) is 17.0 Å². The number of ether oxygens (including phenoxy) is 3. The third-order valence-corrected chi connectivity index (χ3v) is 8.54. The number of aromatic nitrogens is 4. The number of halogens is 1. The van der Waals surface area contributed by atoms with Crippen LogP contribution in [0, 0.1) is 24.1 Å². The highest BCUT2D eigenvalue weighted by molar-refractivity contribution is 7.91. The van der Waals surface area contributed by atoms with Crippen LogP contribution < -0.4 is 9.47 Å². The summed E-state index contributed by atoms with van der Waals surface area (Å²) in [6.45, 7) is 3.32. The highest BCUT2D eigenvalue weighted by Gasteiger charge is 2.35. The Hall–Kier alpha value is -4.34. The minimum absolute atomic E-state index is 0.0250. The van der Waals surface area contributed by atoms with Crippen molar-refractivity contribution in [3.8, 4) is 34.6 Å². The van der Waals surface area contributed by atoms with E-state index in [9.17, 15) is 12.8 Å². The maximum atomic E-state index is 14.8. The lowest BCUT2D eigenvalue weighted by molar-refractivity contribution is 0.0990. The minimum Gasteiger partial charge on any atom is -0.494 e. The molecular formula is C28H28FN5O5S. The molecule has 0 saturated heterocycles. The van der Waals surface area contributed by atoms with Gasteiger partial charge < -0.3 is 14.2 Å². The van der Waals surface area contributed by atoms with E-state index in [1.165, 1.54) is 40.4 Å². The van der Waals surface area contributed by atoms with E-state index in [1.807, 2.05) is 19.1 Å². The first-order valence-corrected chi connectivity index (χ1v) is 13.9. The van der Waals surface area contributed by atoms with E-state index in [1.54, 1.807) is 35.2 Å². The molecule has 0 unspecified atom stereocenters. The number of para-hydroxylation sites is 1. The predicted octanol–water partition coefficient (Wildman–Crippen LogP) is 4.36. The van der Waals surface area contributed by atoms with Crippen molar-refractivity contribution in [1.29, 1.82) is 5.26 Å². The van der Waals surface area contributed by atoms with Crippen LogP contribution in [0.5, 0.6) is 11.5 Å². The number of methoxy groups -OCH3 is 3. The maximum Gasteiger partial charge on any atom is 0.170 e. The highest BCUT2D eigenvalue weighted by atomic mass is 32.2. The number of benzene rings is 2. The Labute approximate surface area is 231 Å². The highest BCUT2D eigenvalue weighted by Crippen LogP contribution is 2.37. The number of sulfone groups is 1. The largest absolute Gasteiger partial charge is 0.494 e. The maximum absolute atomic E-state index is 14.8. The van der Waals surface area contributed by atoms with E-state index in [0.717, 1.165) is 11.6 Å². The fraction of sp³-hybridized carbons (Fsp3) is 0.286. The van der Waals surface area contributed by atoms with Gasteiger partial charge in [-0.2, -0.15) is 5.26 Å². The van der Waals surface area contributed by atoms with Crippen LogP contribution >= 0.6 is 0 Å². The third kappa shape index (κ3) is 5.52. The molecule has 2 heterocycles. The monoisotopic (exact) mass is 565 g/mol. The van der Waals surface area contributed by atoms with E-state index in [0.29, 0.717) is 28.6 Å². The second kappa shape index (κ2) is 11.8. The second-order valence-corrected chi connectivity index (χ2v) is 11.4. The van der Waals surface area contributed by atoms with Crippen LogP contribution in [0.25, 0.3) is 17.1 Å². The fourth-order valence-electron chi connectivity index (χ4n) is 4.46. The lowest BCUT2D eigenvalue weighted by Gasteiger charge is -2.24. The van der Waals surface area contributed by atoms with Gasteiger partial charge in [0.05, 0.1) is 31.1 Å². The van der Waals surface area contributed by atoms with E-state index >= 15 is 0 Å². The Balaban J connectivity index is 1.84. The van der Waals surface area contributed by atoms with Gasteiger partial charge in [-0.1, -0.05) is 12.1 Å². The lowest BCUT2D eigenvalue weighted by atomic mass is 10.0. The Kier molecular flexibility index (Phi) is 8.46. The SMILES string of the molecule is COc1cccc(OC)c1-n1c(CS(=O)(=O)[C@H](C)[C@@H](OC)c2ccc(C#N)cc2F)nnc1-c1cncc(C)c1. The third-order valence-electron chi connectivity index (χ3n) is 6.50. The summed E-state index contributed by atoms with van der Waals surface area (Å²) in [6, 6.07) is 12.7. The molecule has 0 fully saturated rings. The zero-order valence-corrected chi connectivity index (χ0v) is 23.4. The normalized spacial score (nSPS) is 12.9. The van der Waals surface area contributed by atoms with Gasteiger partial charge in [-0.15, -0.1) is 10.2 Å². The number of hydrogen-bond donors (Lipinski definition) is 0. The summed E-state index contributed by atoms with van der Waals surface area (Å²) in [5, 5.41) is 16.5. The number of rotatable bonds is 10. The van der Waals surface area contributed by atoms with Gasteiger partial charge in [0, 0.05) is 30.6 Å². The van der Waals surface area contributed by atoms with Crippen molar-refractivity contribution in [3.05, 3.63) is 83.2 Å². The van der Waals surface area contributed by atoms with Gasteiger partial charge in [-0.25, -0.2) is 12.8 Å². The molecule has 0 N–H and O–H groups in total. The van der Waals surface area contributed by atoms with E-state index in [2.05, 4.69) is 15.2 Å². The molecule has 2 aromatic carbocycles. The summed E-state index contributed by atoms with van der Waals surface area (Å²) in [4.78, 5) is 4.25. The smallest absolute Gasteiger partial charge is 0.170 e. The topological polar surface area (TPSA) is 129 Å². The zero-order chi connectivity index (χ0) is 29.0. The van der Waals surface area contributed by atoms with Crippen LogP contribution in [0.2, 0.25) is 0 Å². The average Bonchev–Trinajstić information content (AvgIpc) is 3.35. The molecule has 4 rings (SSSR count). The van der Waals surface area contributed by atoms with Crippen LogP contribution in [0.4, 0.5) is 4.39 Å². The van der Waals surface area contributed by atoms with Crippen molar-refractivity contribution in [2.45, 2.75) is 31.0 Å². The Morgan fingerprint density at radius 1 is 1.05 bits per heavy atom. The number of nitrogens with zero attached hydrogens (tertiary/aromatic N) is 5. The Bertz CT molecular complexity index is 1660. The van der Waals surface area contributed by atoms with Crippen molar-refractivity contribution >= 4 is 9.84 Å². The zero-order valence-electron chi connectivity index (χ0n) is 22.6. The van der Waals surface area contributed by atoms with Crippen LogP contribution in [0.15, 0.2) is 54.9 Å². The second-order valence-electron chi connectivity index (χ2n) is 9.05. The van der Waals surface area contributed by atoms with Gasteiger partial charge >= 0.3 is 0 Å². The molecule has 208 valence electrons. The molecule has 0 saturated carbocycles. The first-order chi connectivity index (χ1) is 19.1. The molecule has 10 nitrogen and oxygen atoms in total. The Morgan fingerprint density at radius 3 is 2.33 bits per heavy atom. The number of aryl methyl sites for hydroxylation is 1. The molecule has 0 bridgehead atoms. The lowest BCUT2D eigenvalue weighted by Crippen LogP contribution is -2.29. The van der Waals surface area contributed by atoms with Gasteiger partial charge in [0.25, 0.3) is 0 Å². The standard InChI is InChI=1S/C28H28FN5O5S/c1-17-11-20(15-31-14-17)28-33-32-25(34(28)26-23(37-3)7-6-8-24(26)38-4)16-40(35,36)18(2)27(39-5)21-10-9-19(13-30)12-22(21)29/h6-12,14-15,18,27H,16H2,1-5H3/t18-,27-/m1/s1. The fourth-order valence-corrected chi connectivity index (χ4v) is 5.90. The minimum atomic E-state index is -4.03. The molecular weight excluding hydrogens is 537 g/mol. The molecule has 2 atom stereocenters. The molecule has 0 aliphatic heterocycles. The molecule has 2 aromatic heterocycles. The molecule has 0 amide bonds. The van der Waals surface area contributed by atoms with Crippen LogP contribution in [0.1, 0.15) is 35.5 Å². The quantitative estimate of drug-likeness (QED) is 0.275. The molecule has 12 heteroatoms. The summed E-state index contributed by atoms with van der Waals surface area (Å²) in [5.74, 6) is -0.0627. The van der Waals surface area contributed by atoms with Gasteiger partial charge in [-0.05, 0) is 49.7 Å². The van der Waals surface area contributed by atoms with Gasteiger partial charge in [-0.3, -0.25) is 9.55 Å². The first kappa shape index (κ1) is 28.7. The first-order valence-electron chi connectivity index (χ1n) is 12.2. The number of nitriles is 1. The van der Waals surface area contributed by atoms with E-state index < -0.39 is 32.8 Å². The van der Waals surface area contributed by atoms with Crippen molar-refractivity contribution in [3.63, 3.8) is 0 Å². The van der Waals surface area contributed by atoms with Crippen molar-refractivity contribution in [2.75, 3.05) is 21.3 Å². The van der Waals surface area contributed by atoms with Crippen molar-refractivity contribution in [2.24, 2.45) is 0 Å². The van der Waals surface area contributed by atoms with Crippen LogP contribution in [0.3, 0.4) is 0 Å². The van der Waals surface area contributed by atoms with Crippen LogP contribution in [-0.4, -0.2) is 54.7 Å². The molecule has 0 radical (unpaired) electrons.